The number of aromatic nitrogens is 2. The summed E-state index contributed by atoms with van der Waals surface area (Å²) in [5.41, 5.74) is 0.665. The summed E-state index contributed by atoms with van der Waals surface area (Å²) in [7, 11) is 0. The fourth-order valence-corrected chi connectivity index (χ4v) is 2.21. The number of amides is 1. The van der Waals surface area contributed by atoms with Crippen LogP contribution in [0.4, 0.5) is 0 Å². The van der Waals surface area contributed by atoms with Gasteiger partial charge in [0.1, 0.15) is 5.88 Å². The molecule has 1 aromatic carbocycles. The van der Waals surface area contributed by atoms with Crippen LogP contribution in [0.25, 0.3) is 11.5 Å². The highest BCUT2D eigenvalue weighted by Gasteiger charge is 2.20. The van der Waals surface area contributed by atoms with Gasteiger partial charge >= 0.3 is 0 Å². The molecule has 0 atom stereocenters. The van der Waals surface area contributed by atoms with Crippen LogP contribution >= 0.6 is 23.2 Å². The molecule has 0 fully saturated rings. The lowest BCUT2D eigenvalue weighted by atomic mass is 10.2. The predicted octanol–water partition coefficient (Wildman–Crippen LogP) is 3.37. The Morgan fingerprint density at radius 1 is 1.33 bits per heavy atom. The van der Waals surface area contributed by atoms with Crippen molar-refractivity contribution in [3.63, 3.8) is 0 Å². The number of benzene rings is 1. The van der Waals surface area contributed by atoms with Crippen LogP contribution in [-0.4, -0.2) is 32.9 Å². The van der Waals surface area contributed by atoms with Crippen molar-refractivity contribution in [2.24, 2.45) is 0 Å². The number of carbonyl (C=O) groups is 1. The maximum Gasteiger partial charge on any atom is 0.249 e. The Morgan fingerprint density at radius 2 is 2.05 bits per heavy atom. The molecule has 1 aromatic heterocycles. The Balaban J connectivity index is 2.20. The van der Waals surface area contributed by atoms with Gasteiger partial charge in [-0.15, -0.1) is 21.8 Å². The average molecular weight is 328 g/mol. The molecule has 0 N–H and O–H groups in total. The molecule has 0 aliphatic rings. The lowest BCUT2D eigenvalue weighted by Gasteiger charge is -2.24. The molecule has 2 aromatic rings. The summed E-state index contributed by atoms with van der Waals surface area (Å²) >= 11 is 11.7. The molecule has 2 rings (SSSR count). The van der Waals surface area contributed by atoms with Crippen LogP contribution in [0.15, 0.2) is 28.7 Å². The number of halogens is 2. The number of nitrogens with zero attached hydrogens (tertiary/aromatic N) is 3. The second-order valence-electron chi connectivity index (χ2n) is 4.73. The van der Waals surface area contributed by atoms with Crippen LogP contribution in [0.2, 0.25) is 5.02 Å². The van der Waals surface area contributed by atoms with E-state index in [0.717, 1.165) is 0 Å². The summed E-state index contributed by atoms with van der Waals surface area (Å²) in [4.78, 5) is 13.4. The first-order valence-corrected chi connectivity index (χ1v) is 7.37. The van der Waals surface area contributed by atoms with Gasteiger partial charge in [0.25, 0.3) is 0 Å². The van der Waals surface area contributed by atoms with Gasteiger partial charge in [0.15, 0.2) is 0 Å². The van der Waals surface area contributed by atoms with Crippen LogP contribution < -0.4 is 0 Å². The lowest BCUT2D eigenvalue weighted by molar-refractivity contribution is -0.131. The van der Waals surface area contributed by atoms with Gasteiger partial charge < -0.3 is 9.32 Å². The standard InChI is InChI=1S/C14H15Cl2N3O2/c1-9(2)19(13(20)7-15)8-12-17-18-14(21-12)10-5-3-4-6-11(10)16/h3-6,9H,7-8H2,1-2H3. The Kier molecular flexibility index (Phi) is 5.20. The smallest absolute Gasteiger partial charge is 0.249 e. The van der Waals surface area contributed by atoms with Crippen LogP contribution in [0.1, 0.15) is 19.7 Å². The molecule has 21 heavy (non-hydrogen) atoms. The van der Waals surface area contributed by atoms with E-state index in [0.29, 0.717) is 22.4 Å². The van der Waals surface area contributed by atoms with Crippen LogP contribution in [0.5, 0.6) is 0 Å². The summed E-state index contributed by atoms with van der Waals surface area (Å²) in [5.74, 6) is 0.419. The van der Waals surface area contributed by atoms with E-state index in [9.17, 15) is 4.79 Å². The summed E-state index contributed by atoms with van der Waals surface area (Å²) in [6.45, 7) is 4.02. The summed E-state index contributed by atoms with van der Waals surface area (Å²) < 4.78 is 5.58. The minimum atomic E-state index is -0.177. The van der Waals surface area contributed by atoms with Crippen molar-refractivity contribution in [3.8, 4) is 11.5 Å². The van der Waals surface area contributed by atoms with E-state index >= 15 is 0 Å². The topological polar surface area (TPSA) is 59.2 Å². The van der Waals surface area contributed by atoms with Crippen molar-refractivity contribution in [2.75, 3.05) is 5.88 Å². The molecule has 0 spiro atoms. The third-order valence-corrected chi connectivity index (χ3v) is 3.49. The van der Waals surface area contributed by atoms with Crippen LogP contribution in [0.3, 0.4) is 0 Å². The number of carbonyl (C=O) groups excluding carboxylic acids is 1. The minimum Gasteiger partial charge on any atom is -0.419 e. The molecular weight excluding hydrogens is 313 g/mol. The maximum absolute atomic E-state index is 11.8. The fraction of sp³-hybridized carbons (Fsp3) is 0.357. The zero-order chi connectivity index (χ0) is 15.4. The van der Waals surface area contributed by atoms with Gasteiger partial charge in [-0.05, 0) is 26.0 Å². The summed E-state index contributed by atoms with van der Waals surface area (Å²) in [6.07, 6.45) is 0. The number of rotatable bonds is 5. The van der Waals surface area contributed by atoms with Crippen molar-refractivity contribution in [1.82, 2.24) is 15.1 Å². The highest BCUT2D eigenvalue weighted by Crippen LogP contribution is 2.26. The zero-order valence-electron chi connectivity index (χ0n) is 11.7. The van der Waals surface area contributed by atoms with Crippen molar-refractivity contribution in [2.45, 2.75) is 26.4 Å². The first-order valence-electron chi connectivity index (χ1n) is 6.45. The molecule has 0 aliphatic carbocycles. The van der Waals surface area contributed by atoms with Crippen molar-refractivity contribution < 1.29 is 9.21 Å². The van der Waals surface area contributed by atoms with E-state index in [1.807, 2.05) is 26.0 Å². The van der Waals surface area contributed by atoms with Gasteiger partial charge in [0, 0.05) is 6.04 Å². The van der Waals surface area contributed by atoms with Gasteiger partial charge in [-0.1, -0.05) is 23.7 Å². The summed E-state index contributed by atoms with van der Waals surface area (Å²) in [5, 5.41) is 8.47. The highest BCUT2D eigenvalue weighted by atomic mass is 35.5. The quantitative estimate of drug-likeness (QED) is 0.790. The van der Waals surface area contributed by atoms with Crippen molar-refractivity contribution in [3.05, 3.63) is 35.2 Å². The van der Waals surface area contributed by atoms with E-state index in [1.165, 1.54) is 0 Å². The van der Waals surface area contributed by atoms with E-state index in [1.54, 1.807) is 17.0 Å². The van der Waals surface area contributed by atoms with Gasteiger partial charge in [0.05, 0.1) is 17.1 Å². The van der Waals surface area contributed by atoms with Gasteiger partial charge in [0.2, 0.25) is 17.7 Å². The van der Waals surface area contributed by atoms with Gasteiger partial charge in [-0.2, -0.15) is 0 Å². The molecule has 1 amide bonds. The molecule has 7 heteroatoms. The van der Waals surface area contributed by atoms with E-state index < -0.39 is 0 Å². The van der Waals surface area contributed by atoms with Crippen LogP contribution in [-0.2, 0) is 11.3 Å². The molecule has 5 nitrogen and oxygen atoms in total. The first kappa shape index (κ1) is 15.8. The normalized spacial score (nSPS) is 10.9. The second-order valence-corrected chi connectivity index (χ2v) is 5.40. The monoisotopic (exact) mass is 327 g/mol. The lowest BCUT2D eigenvalue weighted by Crippen LogP contribution is -2.37. The third-order valence-electron chi connectivity index (χ3n) is 2.93. The fourth-order valence-electron chi connectivity index (χ4n) is 1.84. The molecule has 0 unspecified atom stereocenters. The van der Waals surface area contributed by atoms with Gasteiger partial charge in [-0.3, -0.25) is 4.79 Å². The van der Waals surface area contributed by atoms with E-state index in [-0.39, 0.29) is 24.4 Å². The Morgan fingerprint density at radius 3 is 2.67 bits per heavy atom. The Bertz CT molecular complexity index is 628. The molecular formula is C14H15Cl2N3O2. The predicted molar refractivity (Wildman–Crippen MR) is 81.2 cm³/mol. The Labute approximate surface area is 132 Å². The van der Waals surface area contributed by atoms with E-state index in [2.05, 4.69) is 10.2 Å². The molecule has 0 aliphatic heterocycles. The summed E-state index contributed by atoms with van der Waals surface area (Å²) in [6, 6.07) is 7.19. The van der Waals surface area contributed by atoms with Crippen LogP contribution in [0, 0.1) is 0 Å². The Hall–Kier alpha value is -1.59. The SMILES string of the molecule is CC(C)N(Cc1nnc(-c2ccccc2Cl)o1)C(=O)CCl. The first-order chi connectivity index (χ1) is 10.0. The van der Waals surface area contributed by atoms with Gasteiger partial charge in [-0.25, -0.2) is 0 Å². The minimum absolute atomic E-state index is 0.00749. The van der Waals surface area contributed by atoms with E-state index in [4.69, 9.17) is 27.6 Å². The average Bonchev–Trinajstić information content (AvgIpc) is 2.92. The molecule has 1 heterocycles. The second kappa shape index (κ2) is 6.91. The number of hydrogen-bond donors (Lipinski definition) is 0. The number of alkyl halides is 1. The zero-order valence-corrected chi connectivity index (χ0v) is 13.2. The largest absolute Gasteiger partial charge is 0.419 e. The number of hydrogen-bond acceptors (Lipinski definition) is 4. The highest BCUT2D eigenvalue weighted by molar-refractivity contribution is 6.33. The maximum atomic E-state index is 11.8. The third kappa shape index (κ3) is 3.74. The van der Waals surface area contributed by atoms with Crippen molar-refractivity contribution >= 4 is 29.1 Å². The molecule has 112 valence electrons. The molecule has 0 bridgehead atoms. The molecule has 0 saturated heterocycles. The molecule has 0 saturated carbocycles. The van der Waals surface area contributed by atoms with Crippen molar-refractivity contribution in [1.29, 1.82) is 0 Å². The molecule has 0 radical (unpaired) electrons.